The summed E-state index contributed by atoms with van der Waals surface area (Å²) >= 11 is 5.64. The molecule has 1 heterocycles. The normalized spacial score (nSPS) is 10.6. The Bertz CT molecular complexity index is 674. The number of aryl methyl sites for hydroxylation is 1. The maximum absolute atomic E-state index is 12.2. The van der Waals surface area contributed by atoms with Gasteiger partial charge in [-0.15, -0.1) is 11.6 Å². The van der Waals surface area contributed by atoms with Crippen molar-refractivity contribution in [1.82, 2.24) is 9.13 Å². The summed E-state index contributed by atoms with van der Waals surface area (Å²) in [4.78, 5) is 24.1. The Morgan fingerprint density at radius 2 is 1.84 bits per heavy atom. The van der Waals surface area contributed by atoms with Crippen molar-refractivity contribution in [1.29, 1.82) is 0 Å². The summed E-state index contributed by atoms with van der Waals surface area (Å²) in [6.45, 7) is 2.38. The fraction of sp³-hybridized carbons (Fsp3) is 0.286. The van der Waals surface area contributed by atoms with E-state index < -0.39 is 0 Å². The van der Waals surface area contributed by atoms with Gasteiger partial charge in [-0.05, 0) is 12.5 Å². The fourth-order valence-electron chi connectivity index (χ4n) is 1.97. The van der Waals surface area contributed by atoms with E-state index in [2.05, 4.69) is 0 Å². The summed E-state index contributed by atoms with van der Waals surface area (Å²) in [6.07, 6.45) is 1.60. The van der Waals surface area contributed by atoms with Crippen LogP contribution in [0.25, 0.3) is 0 Å². The smallest absolute Gasteiger partial charge is 0.296 e. The van der Waals surface area contributed by atoms with Crippen molar-refractivity contribution in [2.24, 2.45) is 0 Å². The first-order chi connectivity index (χ1) is 9.13. The maximum Gasteiger partial charge on any atom is 0.331 e. The van der Waals surface area contributed by atoms with Crippen LogP contribution in [-0.4, -0.2) is 15.0 Å². The first kappa shape index (κ1) is 13.6. The molecule has 0 aliphatic heterocycles. The number of aromatic nitrogens is 2. The predicted molar refractivity (Wildman–Crippen MR) is 76.0 cm³/mol. The molecular formula is C14H15ClN2O2. The van der Waals surface area contributed by atoms with Crippen LogP contribution >= 0.6 is 11.6 Å². The van der Waals surface area contributed by atoms with Crippen molar-refractivity contribution in [2.45, 2.75) is 20.0 Å². The summed E-state index contributed by atoms with van der Waals surface area (Å²) in [6, 6.07) is 9.65. The molecule has 1 aromatic carbocycles. The number of benzene rings is 1. The Labute approximate surface area is 115 Å². The van der Waals surface area contributed by atoms with Gasteiger partial charge in [0.05, 0.1) is 6.54 Å². The molecule has 2 aromatic rings. The van der Waals surface area contributed by atoms with E-state index in [0.717, 1.165) is 5.56 Å². The second-order valence-corrected chi connectivity index (χ2v) is 4.73. The van der Waals surface area contributed by atoms with Gasteiger partial charge in [0, 0.05) is 24.2 Å². The van der Waals surface area contributed by atoms with Gasteiger partial charge < -0.3 is 0 Å². The average molecular weight is 279 g/mol. The van der Waals surface area contributed by atoms with Crippen molar-refractivity contribution in [2.75, 3.05) is 5.88 Å². The van der Waals surface area contributed by atoms with Gasteiger partial charge in [-0.1, -0.05) is 30.3 Å². The molecule has 0 radical (unpaired) electrons. The van der Waals surface area contributed by atoms with Gasteiger partial charge in [0.2, 0.25) is 0 Å². The van der Waals surface area contributed by atoms with Gasteiger partial charge in [-0.25, -0.2) is 4.79 Å². The van der Waals surface area contributed by atoms with Gasteiger partial charge in [-0.3, -0.25) is 13.9 Å². The van der Waals surface area contributed by atoms with Gasteiger partial charge >= 0.3 is 5.69 Å². The molecule has 0 atom stereocenters. The number of rotatable bonds is 4. The van der Waals surface area contributed by atoms with Crippen molar-refractivity contribution in [3.8, 4) is 0 Å². The molecule has 0 fully saturated rings. The van der Waals surface area contributed by atoms with Gasteiger partial charge in [0.15, 0.2) is 0 Å². The average Bonchev–Trinajstić information content (AvgIpc) is 2.42. The van der Waals surface area contributed by atoms with E-state index in [1.54, 1.807) is 17.7 Å². The molecule has 0 saturated carbocycles. The Balaban J connectivity index is 2.47. The zero-order valence-corrected chi connectivity index (χ0v) is 11.4. The van der Waals surface area contributed by atoms with Gasteiger partial charge in [-0.2, -0.15) is 0 Å². The standard InChI is InChI=1S/C14H15ClN2O2/c1-11-9-16(10-12-5-3-2-4-6-12)14(19)17(8-7-15)13(11)18/h2-6,9H,7-8,10H2,1H3. The summed E-state index contributed by atoms with van der Waals surface area (Å²) in [7, 11) is 0. The first-order valence-electron chi connectivity index (χ1n) is 6.04. The van der Waals surface area contributed by atoms with Gasteiger partial charge in [0.25, 0.3) is 5.56 Å². The SMILES string of the molecule is Cc1cn(Cc2ccccc2)c(=O)n(CCCl)c1=O. The molecule has 5 heteroatoms. The third-order valence-electron chi connectivity index (χ3n) is 2.91. The predicted octanol–water partition coefficient (Wildman–Crippen LogP) is 1.61. The molecule has 1 aromatic heterocycles. The zero-order chi connectivity index (χ0) is 13.8. The molecule has 0 amide bonds. The number of hydrogen-bond acceptors (Lipinski definition) is 2. The highest BCUT2D eigenvalue weighted by atomic mass is 35.5. The van der Waals surface area contributed by atoms with E-state index in [0.29, 0.717) is 12.1 Å². The summed E-state index contributed by atoms with van der Waals surface area (Å²) in [5, 5.41) is 0. The first-order valence-corrected chi connectivity index (χ1v) is 6.57. The molecular weight excluding hydrogens is 264 g/mol. The van der Waals surface area contributed by atoms with E-state index in [9.17, 15) is 9.59 Å². The van der Waals surface area contributed by atoms with Crippen LogP contribution in [0.15, 0.2) is 46.1 Å². The molecule has 0 N–H and O–H groups in total. The highest BCUT2D eigenvalue weighted by Crippen LogP contribution is 2.00. The molecule has 19 heavy (non-hydrogen) atoms. The maximum atomic E-state index is 12.2. The van der Waals surface area contributed by atoms with Crippen LogP contribution in [0.1, 0.15) is 11.1 Å². The van der Waals surface area contributed by atoms with E-state index in [-0.39, 0.29) is 23.7 Å². The number of nitrogens with zero attached hydrogens (tertiary/aromatic N) is 2. The third-order valence-corrected chi connectivity index (χ3v) is 3.08. The minimum Gasteiger partial charge on any atom is -0.296 e. The highest BCUT2D eigenvalue weighted by Gasteiger charge is 2.08. The van der Waals surface area contributed by atoms with E-state index in [1.165, 1.54) is 4.57 Å². The molecule has 100 valence electrons. The van der Waals surface area contributed by atoms with E-state index >= 15 is 0 Å². The molecule has 0 aliphatic rings. The number of halogens is 1. The minimum atomic E-state index is -0.319. The Morgan fingerprint density at radius 1 is 1.16 bits per heavy atom. The molecule has 0 aliphatic carbocycles. The van der Waals surface area contributed by atoms with Crippen molar-refractivity contribution in [3.05, 3.63) is 68.5 Å². The quantitative estimate of drug-likeness (QED) is 0.798. The van der Waals surface area contributed by atoms with Crippen molar-refractivity contribution in [3.63, 3.8) is 0 Å². The molecule has 2 rings (SSSR count). The van der Waals surface area contributed by atoms with Crippen LogP contribution in [0.4, 0.5) is 0 Å². The molecule has 0 spiro atoms. The van der Waals surface area contributed by atoms with Crippen LogP contribution in [0, 0.1) is 6.92 Å². The van der Waals surface area contributed by atoms with Crippen molar-refractivity contribution < 1.29 is 0 Å². The second-order valence-electron chi connectivity index (χ2n) is 4.35. The largest absolute Gasteiger partial charge is 0.331 e. The topological polar surface area (TPSA) is 44.0 Å². The Hall–Kier alpha value is -1.81. The molecule has 4 nitrogen and oxygen atoms in total. The van der Waals surface area contributed by atoms with Crippen LogP contribution in [0.3, 0.4) is 0 Å². The highest BCUT2D eigenvalue weighted by molar-refractivity contribution is 6.17. The lowest BCUT2D eigenvalue weighted by molar-refractivity contribution is 0.594. The molecule has 0 saturated heterocycles. The lowest BCUT2D eigenvalue weighted by Crippen LogP contribution is -2.41. The number of alkyl halides is 1. The molecule has 0 bridgehead atoms. The van der Waals surface area contributed by atoms with Crippen LogP contribution < -0.4 is 11.2 Å². The summed E-state index contributed by atoms with van der Waals surface area (Å²) in [5.41, 5.74) is 0.968. The van der Waals surface area contributed by atoms with E-state index in [1.807, 2.05) is 30.3 Å². The molecule has 0 unspecified atom stereocenters. The van der Waals surface area contributed by atoms with Crippen molar-refractivity contribution >= 4 is 11.6 Å². The Kier molecular flexibility index (Phi) is 4.22. The van der Waals surface area contributed by atoms with Crippen LogP contribution in [-0.2, 0) is 13.1 Å². The Morgan fingerprint density at radius 3 is 2.47 bits per heavy atom. The third kappa shape index (κ3) is 2.96. The second kappa shape index (κ2) is 5.89. The summed E-state index contributed by atoms with van der Waals surface area (Å²) < 4.78 is 2.73. The fourth-order valence-corrected chi connectivity index (χ4v) is 2.14. The lowest BCUT2D eigenvalue weighted by atomic mass is 10.2. The number of hydrogen-bond donors (Lipinski definition) is 0. The lowest BCUT2D eigenvalue weighted by Gasteiger charge is -2.10. The minimum absolute atomic E-state index is 0.232. The zero-order valence-electron chi connectivity index (χ0n) is 10.7. The van der Waals surface area contributed by atoms with Crippen LogP contribution in [0.2, 0.25) is 0 Å². The summed E-state index contributed by atoms with van der Waals surface area (Å²) in [5.74, 6) is 0.240. The van der Waals surface area contributed by atoms with Gasteiger partial charge in [0.1, 0.15) is 0 Å². The van der Waals surface area contributed by atoms with Crippen LogP contribution in [0.5, 0.6) is 0 Å². The van der Waals surface area contributed by atoms with E-state index in [4.69, 9.17) is 11.6 Å². The monoisotopic (exact) mass is 278 g/mol.